The molecule has 1 aromatic rings. The fraction of sp³-hybridized carbons (Fsp3) is 0.167. The maximum Gasteiger partial charge on any atom is 0.214 e. The molecule has 0 aliphatic carbocycles. The quantitative estimate of drug-likeness (QED) is 0.441. The van der Waals surface area contributed by atoms with Crippen molar-refractivity contribution in [1.82, 2.24) is 4.98 Å². The van der Waals surface area contributed by atoms with Crippen LogP contribution >= 0.6 is 34.4 Å². The fourth-order valence-electron chi connectivity index (χ4n) is 0.548. The number of nitrogens with zero attached hydrogens (tertiary/aromatic N) is 1. The molecule has 0 saturated heterocycles. The molecular formula is C6H5FINS. The number of halogens is 2. The van der Waals surface area contributed by atoms with Crippen LogP contribution in [0.4, 0.5) is 4.39 Å². The molecule has 0 radical (unpaired) electrons. The highest BCUT2D eigenvalue weighted by molar-refractivity contribution is 14.1. The molecule has 0 saturated carbocycles. The summed E-state index contributed by atoms with van der Waals surface area (Å²) in [6.07, 6.45) is 1.87. The molecule has 0 unspecified atom stereocenters. The van der Waals surface area contributed by atoms with Crippen molar-refractivity contribution in [2.24, 2.45) is 0 Å². The van der Waals surface area contributed by atoms with E-state index in [0.29, 0.717) is 0 Å². The number of pyridine rings is 1. The van der Waals surface area contributed by atoms with Gasteiger partial charge in [0.15, 0.2) is 0 Å². The summed E-state index contributed by atoms with van der Waals surface area (Å²) in [7, 11) is 0. The largest absolute Gasteiger partial charge is 0.214 e. The summed E-state index contributed by atoms with van der Waals surface area (Å²) in [4.78, 5) is 3.64. The standard InChI is InChI=1S/C6H5FINS/c1-10-6-3-4(8)2-5(7)9-6/h2-3H,1H3. The van der Waals surface area contributed by atoms with E-state index in [1.54, 1.807) is 0 Å². The van der Waals surface area contributed by atoms with Crippen molar-refractivity contribution >= 4 is 34.4 Å². The van der Waals surface area contributed by atoms with E-state index < -0.39 is 5.95 Å². The van der Waals surface area contributed by atoms with E-state index in [0.717, 1.165) is 8.60 Å². The summed E-state index contributed by atoms with van der Waals surface area (Å²) in [5, 5.41) is 0.726. The third kappa shape index (κ3) is 2.09. The lowest BCUT2D eigenvalue weighted by molar-refractivity contribution is 0.571. The average molecular weight is 269 g/mol. The SMILES string of the molecule is CSc1cc(I)cc(F)n1. The molecule has 0 spiro atoms. The summed E-state index contributed by atoms with van der Waals surface area (Å²) in [6, 6.07) is 3.24. The van der Waals surface area contributed by atoms with Gasteiger partial charge >= 0.3 is 0 Å². The Hall–Kier alpha value is 0.160. The number of hydrogen-bond donors (Lipinski definition) is 0. The Kier molecular flexibility index (Phi) is 2.91. The van der Waals surface area contributed by atoms with Gasteiger partial charge in [0.25, 0.3) is 0 Å². The van der Waals surface area contributed by atoms with Gasteiger partial charge in [-0.15, -0.1) is 11.8 Å². The second-order valence-electron chi connectivity index (χ2n) is 1.65. The Morgan fingerprint density at radius 1 is 1.60 bits per heavy atom. The molecule has 1 nitrogen and oxygen atoms in total. The Morgan fingerprint density at radius 3 is 2.80 bits per heavy atom. The zero-order valence-electron chi connectivity index (χ0n) is 5.27. The summed E-state index contributed by atoms with van der Waals surface area (Å²) >= 11 is 3.50. The third-order valence-electron chi connectivity index (χ3n) is 0.944. The first kappa shape index (κ1) is 8.26. The van der Waals surface area contributed by atoms with Gasteiger partial charge < -0.3 is 0 Å². The first-order chi connectivity index (χ1) is 4.72. The van der Waals surface area contributed by atoms with Crippen molar-refractivity contribution in [1.29, 1.82) is 0 Å². The molecule has 1 heterocycles. The highest BCUT2D eigenvalue weighted by atomic mass is 127. The highest BCUT2D eigenvalue weighted by Crippen LogP contribution is 2.15. The van der Waals surface area contributed by atoms with Gasteiger partial charge in [-0.05, 0) is 34.9 Å². The zero-order valence-corrected chi connectivity index (χ0v) is 8.24. The molecular weight excluding hydrogens is 264 g/mol. The van der Waals surface area contributed by atoms with Crippen molar-refractivity contribution in [3.8, 4) is 0 Å². The third-order valence-corrected chi connectivity index (χ3v) is 2.19. The van der Waals surface area contributed by atoms with Crippen molar-refractivity contribution in [3.05, 3.63) is 21.7 Å². The summed E-state index contributed by atoms with van der Waals surface area (Å²) < 4.78 is 13.4. The summed E-state index contributed by atoms with van der Waals surface area (Å²) in [5.41, 5.74) is 0. The van der Waals surface area contributed by atoms with Crippen LogP contribution in [0.1, 0.15) is 0 Å². The molecule has 4 heteroatoms. The van der Waals surface area contributed by atoms with Crippen LogP contribution in [0.2, 0.25) is 0 Å². The molecule has 0 aromatic carbocycles. The number of aromatic nitrogens is 1. The molecule has 0 amide bonds. The minimum absolute atomic E-state index is 0.406. The summed E-state index contributed by atoms with van der Waals surface area (Å²) in [6.45, 7) is 0. The topological polar surface area (TPSA) is 12.9 Å². The van der Waals surface area contributed by atoms with Crippen LogP contribution in [0.25, 0.3) is 0 Å². The van der Waals surface area contributed by atoms with Gasteiger partial charge in [-0.3, -0.25) is 0 Å². The van der Waals surface area contributed by atoms with Crippen molar-refractivity contribution in [2.45, 2.75) is 5.03 Å². The van der Waals surface area contributed by atoms with Gasteiger partial charge in [0, 0.05) is 9.64 Å². The van der Waals surface area contributed by atoms with Crippen LogP contribution in [0, 0.1) is 9.52 Å². The molecule has 0 N–H and O–H groups in total. The van der Waals surface area contributed by atoms with Crippen molar-refractivity contribution in [2.75, 3.05) is 6.26 Å². The maximum absolute atomic E-state index is 12.5. The number of rotatable bonds is 1. The molecule has 0 atom stereocenters. The van der Waals surface area contributed by atoms with Crippen LogP contribution < -0.4 is 0 Å². The normalized spacial score (nSPS) is 9.90. The first-order valence-corrected chi connectivity index (χ1v) is 4.90. The van der Waals surface area contributed by atoms with Crippen LogP contribution in [0.15, 0.2) is 17.2 Å². The molecule has 0 aliphatic rings. The molecule has 10 heavy (non-hydrogen) atoms. The Labute approximate surface area is 76.6 Å². The lowest BCUT2D eigenvalue weighted by Gasteiger charge is -1.95. The number of thioether (sulfide) groups is 1. The van der Waals surface area contributed by atoms with E-state index in [-0.39, 0.29) is 0 Å². The van der Waals surface area contributed by atoms with E-state index >= 15 is 0 Å². The second kappa shape index (κ2) is 3.52. The van der Waals surface area contributed by atoms with Gasteiger partial charge in [0.1, 0.15) is 5.03 Å². The maximum atomic E-state index is 12.5. The number of hydrogen-bond acceptors (Lipinski definition) is 2. The van der Waals surface area contributed by atoms with Crippen LogP contribution in [-0.4, -0.2) is 11.2 Å². The van der Waals surface area contributed by atoms with Crippen LogP contribution in [0.5, 0.6) is 0 Å². The van der Waals surface area contributed by atoms with Crippen molar-refractivity contribution < 1.29 is 4.39 Å². The van der Waals surface area contributed by atoms with E-state index in [4.69, 9.17) is 0 Å². The molecule has 54 valence electrons. The van der Waals surface area contributed by atoms with E-state index in [9.17, 15) is 4.39 Å². The fourth-order valence-corrected chi connectivity index (χ4v) is 1.73. The van der Waals surface area contributed by atoms with Gasteiger partial charge in [0.2, 0.25) is 5.95 Å². The van der Waals surface area contributed by atoms with Crippen LogP contribution in [0.3, 0.4) is 0 Å². The Bertz CT molecular complexity index is 221. The smallest absolute Gasteiger partial charge is 0.213 e. The minimum Gasteiger partial charge on any atom is -0.213 e. The molecule has 0 fully saturated rings. The lowest BCUT2D eigenvalue weighted by Crippen LogP contribution is -1.85. The van der Waals surface area contributed by atoms with Gasteiger partial charge in [-0.2, -0.15) is 4.39 Å². The molecule has 0 aliphatic heterocycles. The van der Waals surface area contributed by atoms with E-state index in [1.165, 1.54) is 17.8 Å². The lowest BCUT2D eigenvalue weighted by atomic mass is 10.5. The van der Waals surface area contributed by atoms with Gasteiger partial charge in [-0.25, -0.2) is 4.98 Å². The van der Waals surface area contributed by atoms with E-state index in [2.05, 4.69) is 27.6 Å². The Morgan fingerprint density at radius 2 is 2.30 bits per heavy atom. The van der Waals surface area contributed by atoms with Crippen molar-refractivity contribution in [3.63, 3.8) is 0 Å². The first-order valence-electron chi connectivity index (χ1n) is 2.59. The predicted octanol–water partition coefficient (Wildman–Crippen LogP) is 2.55. The Balaban J connectivity index is 3.06. The molecule has 1 rings (SSSR count). The predicted molar refractivity (Wildman–Crippen MR) is 48.7 cm³/mol. The van der Waals surface area contributed by atoms with Gasteiger partial charge in [0.05, 0.1) is 0 Å². The molecule has 1 aromatic heterocycles. The zero-order chi connectivity index (χ0) is 7.56. The minimum atomic E-state index is -0.406. The van der Waals surface area contributed by atoms with E-state index in [1.807, 2.05) is 12.3 Å². The summed E-state index contributed by atoms with van der Waals surface area (Å²) in [5.74, 6) is -0.406. The monoisotopic (exact) mass is 269 g/mol. The average Bonchev–Trinajstić information content (AvgIpc) is 1.85. The van der Waals surface area contributed by atoms with Crippen LogP contribution in [-0.2, 0) is 0 Å². The second-order valence-corrected chi connectivity index (χ2v) is 3.72. The molecule has 0 bridgehead atoms. The highest BCUT2D eigenvalue weighted by Gasteiger charge is 1.97. The van der Waals surface area contributed by atoms with Gasteiger partial charge in [-0.1, -0.05) is 0 Å².